The van der Waals surface area contributed by atoms with Crippen molar-refractivity contribution in [1.29, 1.82) is 5.26 Å². The molecule has 0 aliphatic carbocycles. The van der Waals surface area contributed by atoms with Gasteiger partial charge >= 0.3 is 0 Å². The number of hydrogen-bond donors (Lipinski definition) is 0. The molecule has 4 heteroatoms. The highest BCUT2D eigenvalue weighted by Crippen LogP contribution is 2.29. The summed E-state index contributed by atoms with van der Waals surface area (Å²) in [7, 11) is 1.38. The first kappa shape index (κ1) is 12.8. The number of benzene rings is 2. The molecule has 0 saturated heterocycles. The van der Waals surface area contributed by atoms with Crippen LogP contribution in [0.2, 0.25) is 0 Å². The zero-order valence-electron chi connectivity index (χ0n) is 10.2. The van der Waals surface area contributed by atoms with Crippen LogP contribution in [0.3, 0.4) is 0 Å². The van der Waals surface area contributed by atoms with Gasteiger partial charge in [-0.3, -0.25) is 4.79 Å². The average molecular weight is 255 g/mol. The van der Waals surface area contributed by atoms with E-state index in [1.165, 1.54) is 7.11 Å². The number of hydrogen-bond acceptors (Lipinski definition) is 3. The highest BCUT2D eigenvalue weighted by molar-refractivity contribution is 5.83. The molecule has 2 aromatic rings. The lowest BCUT2D eigenvalue weighted by molar-refractivity contribution is 0.111. The number of aldehydes is 1. The van der Waals surface area contributed by atoms with Crippen LogP contribution in [-0.4, -0.2) is 13.4 Å². The van der Waals surface area contributed by atoms with Crippen molar-refractivity contribution < 1.29 is 13.9 Å². The summed E-state index contributed by atoms with van der Waals surface area (Å²) < 4.78 is 19.1. The first-order chi connectivity index (χ1) is 9.21. The molecule has 19 heavy (non-hydrogen) atoms. The minimum atomic E-state index is -0.626. The molecule has 0 aliphatic rings. The van der Waals surface area contributed by atoms with E-state index in [-0.39, 0.29) is 11.3 Å². The third kappa shape index (κ3) is 2.31. The Bertz CT molecular complexity index is 657. The zero-order chi connectivity index (χ0) is 13.8. The molecule has 2 aromatic carbocycles. The molecule has 0 atom stereocenters. The first-order valence-corrected chi connectivity index (χ1v) is 5.53. The van der Waals surface area contributed by atoms with Crippen LogP contribution in [0.15, 0.2) is 36.4 Å². The normalized spacial score (nSPS) is 9.74. The second kappa shape index (κ2) is 5.32. The van der Waals surface area contributed by atoms with Crippen LogP contribution < -0.4 is 4.74 Å². The van der Waals surface area contributed by atoms with Gasteiger partial charge in [0.25, 0.3) is 0 Å². The van der Waals surface area contributed by atoms with Gasteiger partial charge in [0.1, 0.15) is 11.6 Å². The Kier molecular flexibility index (Phi) is 3.58. The van der Waals surface area contributed by atoms with E-state index in [4.69, 9.17) is 10.00 Å². The Morgan fingerprint density at radius 2 is 1.89 bits per heavy atom. The maximum absolute atomic E-state index is 14.2. The van der Waals surface area contributed by atoms with Crippen LogP contribution in [0, 0.1) is 17.1 Å². The first-order valence-electron chi connectivity index (χ1n) is 5.53. The average Bonchev–Trinajstić information content (AvgIpc) is 2.47. The van der Waals surface area contributed by atoms with Crippen LogP contribution in [0.25, 0.3) is 11.1 Å². The highest BCUT2D eigenvalue weighted by Gasteiger charge is 2.14. The van der Waals surface area contributed by atoms with Crippen LogP contribution in [0.4, 0.5) is 4.39 Å². The predicted molar refractivity (Wildman–Crippen MR) is 68.5 cm³/mol. The number of nitriles is 1. The van der Waals surface area contributed by atoms with Crippen molar-refractivity contribution in [3.05, 3.63) is 53.3 Å². The molecule has 0 amide bonds. The molecule has 0 fully saturated rings. The molecule has 0 spiro atoms. The van der Waals surface area contributed by atoms with Gasteiger partial charge in [0, 0.05) is 5.56 Å². The molecule has 3 nitrogen and oxygen atoms in total. The summed E-state index contributed by atoms with van der Waals surface area (Å²) in [5.74, 6) is -0.427. The standard InChI is InChI=1S/C15H10FNO2/c1-19-14-7-6-12(15(16)13(14)9-18)11-4-2-10(8-17)3-5-11/h2-7,9H,1H3. The molecule has 0 radical (unpaired) electrons. The summed E-state index contributed by atoms with van der Waals surface area (Å²) in [6, 6.07) is 11.5. The van der Waals surface area contributed by atoms with Crippen LogP contribution in [-0.2, 0) is 0 Å². The molecule has 0 bridgehead atoms. The van der Waals surface area contributed by atoms with E-state index in [2.05, 4.69) is 0 Å². The molecule has 94 valence electrons. The summed E-state index contributed by atoms with van der Waals surface area (Å²) in [4.78, 5) is 10.9. The number of nitrogens with zero attached hydrogens (tertiary/aromatic N) is 1. The Balaban J connectivity index is 2.56. The largest absolute Gasteiger partial charge is 0.496 e. The minimum Gasteiger partial charge on any atom is -0.496 e. The topological polar surface area (TPSA) is 50.1 Å². The lowest BCUT2D eigenvalue weighted by Crippen LogP contribution is -1.97. The molecule has 0 unspecified atom stereocenters. The van der Waals surface area contributed by atoms with Crippen molar-refractivity contribution in [3.63, 3.8) is 0 Å². The maximum Gasteiger partial charge on any atom is 0.156 e. The van der Waals surface area contributed by atoms with E-state index in [9.17, 15) is 9.18 Å². The fourth-order valence-corrected chi connectivity index (χ4v) is 1.81. The van der Waals surface area contributed by atoms with Gasteiger partial charge in [-0.05, 0) is 29.8 Å². The van der Waals surface area contributed by atoms with E-state index in [0.717, 1.165) is 0 Å². The number of carbonyl (C=O) groups excluding carboxylic acids is 1. The molecule has 2 rings (SSSR count). The van der Waals surface area contributed by atoms with Gasteiger partial charge in [-0.25, -0.2) is 4.39 Å². The molecule has 0 N–H and O–H groups in total. The van der Waals surface area contributed by atoms with E-state index in [1.807, 2.05) is 6.07 Å². The molecule has 0 aromatic heterocycles. The summed E-state index contributed by atoms with van der Waals surface area (Å²) in [6.07, 6.45) is 0.432. The van der Waals surface area contributed by atoms with E-state index in [1.54, 1.807) is 36.4 Å². The van der Waals surface area contributed by atoms with Crippen molar-refractivity contribution in [2.75, 3.05) is 7.11 Å². The van der Waals surface area contributed by atoms with E-state index < -0.39 is 5.82 Å². The van der Waals surface area contributed by atoms with Crippen molar-refractivity contribution in [3.8, 4) is 22.9 Å². The Morgan fingerprint density at radius 3 is 2.42 bits per heavy atom. The summed E-state index contributed by atoms with van der Waals surface area (Å²) in [6.45, 7) is 0. The van der Waals surface area contributed by atoms with Crippen LogP contribution >= 0.6 is 0 Å². The second-order valence-electron chi connectivity index (χ2n) is 3.85. The van der Waals surface area contributed by atoms with Gasteiger partial charge < -0.3 is 4.74 Å². The Morgan fingerprint density at radius 1 is 1.21 bits per heavy atom. The second-order valence-corrected chi connectivity index (χ2v) is 3.85. The van der Waals surface area contributed by atoms with Crippen molar-refractivity contribution in [2.45, 2.75) is 0 Å². The Hall–Kier alpha value is -2.67. The predicted octanol–water partition coefficient (Wildman–Crippen LogP) is 3.19. The van der Waals surface area contributed by atoms with Gasteiger partial charge in [-0.1, -0.05) is 12.1 Å². The third-order valence-corrected chi connectivity index (χ3v) is 2.80. The summed E-state index contributed by atoms with van der Waals surface area (Å²) >= 11 is 0. The molecule has 0 aliphatic heterocycles. The minimum absolute atomic E-state index is 0.107. The number of methoxy groups -OCH3 is 1. The van der Waals surface area contributed by atoms with Crippen molar-refractivity contribution in [2.24, 2.45) is 0 Å². The van der Waals surface area contributed by atoms with Crippen molar-refractivity contribution in [1.82, 2.24) is 0 Å². The fraction of sp³-hybridized carbons (Fsp3) is 0.0667. The lowest BCUT2D eigenvalue weighted by atomic mass is 10.0. The van der Waals surface area contributed by atoms with Gasteiger partial charge in [-0.2, -0.15) is 5.26 Å². The quantitative estimate of drug-likeness (QED) is 0.791. The fourth-order valence-electron chi connectivity index (χ4n) is 1.81. The molecule has 0 saturated carbocycles. The van der Waals surface area contributed by atoms with Gasteiger partial charge in [0.15, 0.2) is 6.29 Å². The summed E-state index contributed by atoms with van der Waals surface area (Å²) in [5.41, 5.74) is 1.28. The van der Waals surface area contributed by atoms with E-state index >= 15 is 0 Å². The Labute approximate surface area is 109 Å². The SMILES string of the molecule is COc1ccc(-c2ccc(C#N)cc2)c(F)c1C=O. The monoisotopic (exact) mass is 255 g/mol. The highest BCUT2D eigenvalue weighted by atomic mass is 19.1. The number of ether oxygens (including phenoxy) is 1. The van der Waals surface area contributed by atoms with Gasteiger partial charge in [0.05, 0.1) is 24.3 Å². The molecular formula is C15H10FNO2. The smallest absolute Gasteiger partial charge is 0.156 e. The lowest BCUT2D eigenvalue weighted by Gasteiger charge is -2.09. The maximum atomic E-state index is 14.2. The number of rotatable bonds is 3. The van der Waals surface area contributed by atoms with Crippen LogP contribution in [0.5, 0.6) is 5.75 Å². The number of halogens is 1. The molecular weight excluding hydrogens is 245 g/mol. The van der Waals surface area contributed by atoms with Gasteiger partial charge in [0.2, 0.25) is 0 Å². The summed E-state index contributed by atoms with van der Waals surface area (Å²) in [5, 5.41) is 8.72. The van der Waals surface area contributed by atoms with Gasteiger partial charge in [-0.15, -0.1) is 0 Å². The third-order valence-electron chi connectivity index (χ3n) is 2.80. The zero-order valence-corrected chi connectivity index (χ0v) is 10.2. The van der Waals surface area contributed by atoms with Crippen molar-refractivity contribution >= 4 is 6.29 Å². The molecule has 0 heterocycles. The van der Waals surface area contributed by atoms with E-state index in [0.29, 0.717) is 23.0 Å². The number of carbonyl (C=O) groups is 1. The van der Waals surface area contributed by atoms with Crippen LogP contribution in [0.1, 0.15) is 15.9 Å².